The van der Waals surface area contributed by atoms with Crippen molar-refractivity contribution in [2.45, 2.75) is 4.83 Å². The summed E-state index contributed by atoms with van der Waals surface area (Å²) in [5.74, 6) is -0.716. The van der Waals surface area contributed by atoms with Crippen LogP contribution in [-0.4, -0.2) is 4.57 Å². The fourth-order valence-electron chi connectivity index (χ4n) is 2.17. The van der Waals surface area contributed by atoms with E-state index in [1.54, 1.807) is 19.2 Å². The second-order valence-corrected chi connectivity index (χ2v) is 6.46. The summed E-state index contributed by atoms with van der Waals surface area (Å²) < 4.78 is 20.7. The number of oxazole rings is 1. The van der Waals surface area contributed by atoms with Crippen LogP contribution in [0.1, 0.15) is 16.0 Å². The summed E-state index contributed by atoms with van der Waals surface area (Å²) in [6.07, 6.45) is 0. The summed E-state index contributed by atoms with van der Waals surface area (Å²) in [7, 11) is 1.66. The molecule has 6 heteroatoms. The summed E-state index contributed by atoms with van der Waals surface area (Å²) in [5, 5.41) is 0. The molecule has 0 aliphatic carbocycles. The van der Waals surface area contributed by atoms with Crippen molar-refractivity contribution in [2.75, 3.05) is 0 Å². The van der Waals surface area contributed by atoms with Gasteiger partial charge in [-0.05, 0) is 51.3 Å². The van der Waals surface area contributed by atoms with E-state index in [2.05, 4.69) is 31.9 Å². The van der Waals surface area contributed by atoms with Crippen LogP contribution in [0, 0.1) is 5.82 Å². The Kier molecular flexibility index (Phi) is 3.75. The zero-order chi connectivity index (χ0) is 15.1. The lowest BCUT2D eigenvalue weighted by molar-refractivity contribution is 0.528. The lowest BCUT2D eigenvalue weighted by Crippen LogP contribution is -2.08. The average molecular weight is 415 g/mol. The van der Waals surface area contributed by atoms with Gasteiger partial charge < -0.3 is 4.42 Å². The molecule has 3 nitrogen and oxygen atoms in total. The third kappa shape index (κ3) is 2.58. The number of benzene rings is 2. The van der Waals surface area contributed by atoms with Gasteiger partial charge in [-0.25, -0.2) is 9.18 Å². The third-order valence-electron chi connectivity index (χ3n) is 3.35. The van der Waals surface area contributed by atoms with Gasteiger partial charge in [-0.2, -0.15) is 0 Å². The number of hydrogen-bond acceptors (Lipinski definition) is 2. The van der Waals surface area contributed by atoms with E-state index in [0.717, 1.165) is 16.6 Å². The van der Waals surface area contributed by atoms with E-state index in [1.165, 1.54) is 10.6 Å². The van der Waals surface area contributed by atoms with Crippen molar-refractivity contribution < 1.29 is 8.81 Å². The van der Waals surface area contributed by atoms with E-state index in [9.17, 15) is 9.18 Å². The van der Waals surface area contributed by atoms with Crippen LogP contribution in [0.5, 0.6) is 0 Å². The minimum Gasteiger partial charge on any atom is -0.408 e. The Morgan fingerprint density at radius 2 is 1.86 bits per heavy atom. The molecule has 0 spiro atoms. The lowest BCUT2D eigenvalue weighted by atomic mass is 10.0. The van der Waals surface area contributed by atoms with Crippen LogP contribution in [0.25, 0.3) is 11.1 Å². The molecular formula is C15H10Br2FNO2. The fraction of sp³-hybridized carbons (Fsp3) is 0.133. The summed E-state index contributed by atoms with van der Waals surface area (Å²) in [6, 6.07) is 10.5. The quantitative estimate of drug-likeness (QED) is 0.578. The highest BCUT2D eigenvalue weighted by Gasteiger charge is 2.15. The molecule has 0 aliphatic heterocycles. The predicted octanol–water partition coefficient (Wildman–Crippen LogP) is 4.52. The largest absolute Gasteiger partial charge is 0.419 e. The van der Waals surface area contributed by atoms with Crippen molar-refractivity contribution >= 4 is 43.0 Å². The summed E-state index contributed by atoms with van der Waals surface area (Å²) >= 11 is 6.69. The SMILES string of the molecule is Cn1c(=O)oc2cc(C(Br)c3ccc(Br)c(F)c3)ccc21. The monoisotopic (exact) mass is 413 g/mol. The maximum atomic E-state index is 13.6. The Labute approximate surface area is 136 Å². The molecule has 0 saturated heterocycles. The highest BCUT2D eigenvalue weighted by Crippen LogP contribution is 2.33. The molecule has 0 bridgehead atoms. The molecular weight excluding hydrogens is 405 g/mol. The average Bonchev–Trinajstić information content (AvgIpc) is 2.76. The van der Waals surface area contributed by atoms with Gasteiger partial charge in [0.15, 0.2) is 5.58 Å². The second kappa shape index (κ2) is 5.42. The van der Waals surface area contributed by atoms with Crippen LogP contribution < -0.4 is 5.76 Å². The second-order valence-electron chi connectivity index (χ2n) is 4.69. The third-order valence-corrected chi connectivity index (χ3v) is 5.05. The standard InChI is InChI=1S/C15H10Br2FNO2/c1-19-12-5-3-9(7-13(12)21-15(19)20)14(17)8-2-4-10(16)11(18)6-8/h2-7,14H,1H3. The fourth-order valence-corrected chi connectivity index (χ4v) is 2.99. The maximum absolute atomic E-state index is 13.6. The molecule has 0 aliphatic rings. The summed E-state index contributed by atoms with van der Waals surface area (Å²) in [4.78, 5) is 11.3. The highest BCUT2D eigenvalue weighted by atomic mass is 79.9. The van der Waals surface area contributed by atoms with Crippen molar-refractivity contribution in [3.8, 4) is 0 Å². The molecule has 0 N–H and O–H groups in total. The van der Waals surface area contributed by atoms with Crippen molar-refractivity contribution in [3.05, 3.63) is 68.4 Å². The zero-order valence-corrected chi connectivity index (χ0v) is 14.1. The molecule has 0 amide bonds. The zero-order valence-electron chi connectivity index (χ0n) is 10.9. The van der Waals surface area contributed by atoms with E-state index in [4.69, 9.17) is 4.42 Å². The van der Waals surface area contributed by atoms with E-state index in [0.29, 0.717) is 10.1 Å². The molecule has 2 aromatic carbocycles. The maximum Gasteiger partial charge on any atom is 0.419 e. The first-order chi connectivity index (χ1) is 9.97. The van der Waals surface area contributed by atoms with E-state index >= 15 is 0 Å². The summed E-state index contributed by atoms with van der Waals surface area (Å²) in [5.41, 5.74) is 2.92. The van der Waals surface area contributed by atoms with Crippen LogP contribution in [0.4, 0.5) is 4.39 Å². The molecule has 0 saturated carbocycles. The Morgan fingerprint density at radius 1 is 1.19 bits per heavy atom. The Morgan fingerprint density at radius 3 is 2.57 bits per heavy atom. The molecule has 21 heavy (non-hydrogen) atoms. The number of halogens is 3. The van der Waals surface area contributed by atoms with E-state index in [-0.39, 0.29) is 10.6 Å². The van der Waals surface area contributed by atoms with Crippen LogP contribution in [-0.2, 0) is 7.05 Å². The molecule has 1 aromatic heterocycles. The predicted molar refractivity (Wildman–Crippen MR) is 86.3 cm³/mol. The van der Waals surface area contributed by atoms with Crippen molar-refractivity contribution in [2.24, 2.45) is 7.05 Å². The molecule has 1 atom stereocenters. The highest BCUT2D eigenvalue weighted by molar-refractivity contribution is 9.10. The topological polar surface area (TPSA) is 35.1 Å². The van der Waals surface area contributed by atoms with Gasteiger partial charge in [-0.15, -0.1) is 0 Å². The van der Waals surface area contributed by atoms with Gasteiger partial charge in [0.25, 0.3) is 0 Å². The number of alkyl halides is 1. The first-order valence-corrected chi connectivity index (χ1v) is 7.87. The Hall–Kier alpha value is -1.40. The summed E-state index contributed by atoms with van der Waals surface area (Å²) in [6.45, 7) is 0. The minimum atomic E-state index is -0.400. The number of fused-ring (bicyclic) bond motifs is 1. The van der Waals surface area contributed by atoms with Gasteiger partial charge in [0.1, 0.15) is 5.82 Å². The number of rotatable bonds is 2. The number of aryl methyl sites for hydroxylation is 1. The molecule has 108 valence electrons. The van der Waals surface area contributed by atoms with Crippen LogP contribution in [0.15, 0.2) is 50.1 Å². The van der Waals surface area contributed by atoms with Gasteiger partial charge in [0.2, 0.25) is 0 Å². The molecule has 1 heterocycles. The van der Waals surface area contributed by atoms with E-state index < -0.39 is 5.76 Å². The lowest BCUT2D eigenvalue weighted by Gasteiger charge is -2.11. The van der Waals surface area contributed by atoms with Crippen molar-refractivity contribution in [3.63, 3.8) is 0 Å². The van der Waals surface area contributed by atoms with Crippen molar-refractivity contribution in [1.29, 1.82) is 0 Å². The Balaban J connectivity index is 2.06. The Bertz CT molecular complexity index is 885. The van der Waals surface area contributed by atoms with Gasteiger partial charge >= 0.3 is 5.76 Å². The number of hydrogen-bond donors (Lipinski definition) is 0. The number of aromatic nitrogens is 1. The van der Waals surface area contributed by atoms with E-state index in [1.807, 2.05) is 18.2 Å². The van der Waals surface area contributed by atoms with Crippen LogP contribution in [0.3, 0.4) is 0 Å². The van der Waals surface area contributed by atoms with Crippen LogP contribution >= 0.6 is 31.9 Å². The molecule has 0 fully saturated rings. The number of nitrogens with zero attached hydrogens (tertiary/aromatic N) is 1. The van der Waals surface area contributed by atoms with Gasteiger partial charge in [0.05, 0.1) is 14.8 Å². The molecule has 0 radical (unpaired) electrons. The van der Waals surface area contributed by atoms with Crippen molar-refractivity contribution in [1.82, 2.24) is 4.57 Å². The minimum absolute atomic E-state index is 0.185. The van der Waals surface area contributed by atoms with Gasteiger partial charge in [-0.1, -0.05) is 28.1 Å². The molecule has 3 aromatic rings. The van der Waals surface area contributed by atoms with Gasteiger partial charge in [0, 0.05) is 7.05 Å². The first kappa shape index (κ1) is 14.5. The molecule has 3 rings (SSSR count). The van der Waals surface area contributed by atoms with Gasteiger partial charge in [-0.3, -0.25) is 4.57 Å². The normalized spacial score (nSPS) is 12.8. The smallest absolute Gasteiger partial charge is 0.408 e. The van der Waals surface area contributed by atoms with Crippen LogP contribution in [0.2, 0.25) is 0 Å². The first-order valence-electron chi connectivity index (χ1n) is 6.16. The molecule has 1 unspecified atom stereocenters.